The molecule has 0 unspecified atom stereocenters. The topological polar surface area (TPSA) is 66.7 Å². The molecule has 0 saturated carbocycles. The number of fused-ring (bicyclic) bond motifs is 4. The fraction of sp³-hybridized carbons (Fsp3) is 0.368. The molecule has 4 bridgehead atoms. The second-order valence-corrected chi connectivity index (χ2v) is 6.61. The summed E-state index contributed by atoms with van der Waals surface area (Å²) in [5, 5.41) is 11.0. The Morgan fingerprint density at radius 2 is 2.04 bits per heavy atom. The van der Waals surface area contributed by atoms with Crippen LogP contribution in [0.25, 0.3) is 16.8 Å². The van der Waals surface area contributed by atoms with Crippen LogP contribution < -0.4 is 15.4 Å². The molecule has 2 aromatic heterocycles. The van der Waals surface area contributed by atoms with Crippen molar-refractivity contribution in [2.75, 3.05) is 51.7 Å². The van der Waals surface area contributed by atoms with Crippen molar-refractivity contribution in [3.8, 4) is 16.9 Å². The molecule has 3 heterocycles. The van der Waals surface area contributed by atoms with Gasteiger partial charge in [-0.15, -0.1) is 0 Å². The average Bonchev–Trinajstić information content (AvgIpc) is 3.08. The summed E-state index contributed by atoms with van der Waals surface area (Å²) in [6.45, 7) is 4.76. The van der Waals surface area contributed by atoms with E-state index in [2.05, 4.69) is 32.7 Å². The summed E-state index contributed by atoms with van der Waals surface area (Å²) >= 11 is 0. The van der Waals surface area contributed by atoms with Gasteiger partial charge in [-0.05, 0) is 31.3 Å². The minimum absolute atomic E-state index is 0.323. The molecular weight excluding hydrogens is 347 g/mol. The van der Waals surface area contributed by atoms with Crippen LogP contribution in [0.4, 0.5) is 10.2 Å². The Morgan fingerprint density at radius 3 is 2.96 bits per heavy atom. The third-order valence-corrected chi connectivity index (χ3v) is 4.62. The monoisotopic (exact) mass is 370 g/mol. The van der Waals surface area contributed by atoms with Crippen molar-refractivity contribution in [1.29, 1.82) is 0 Å². The SMILES string of the molecule is CN1CCNCCNc2ccn3ncc(c3n2)-c2cc(ccc2F)OCC1. The molecule has 0 saturated heterocycles. The van der Waals surface area contributed by atoms with Crippen molar-refractivity contribution < 1.29 is 9.13 Å². The van der Waals surface area contributed by atoms with Gasteiger partial charge >= 0.3 is 0 Å². The average molecular weight is 370 g/mol. The van der Waals surface area contributed by atoms with Gasteiger partial charge in [-0.2, -0.15) is 5.10 Å². The van der Waals surface area contributed by atoms with Crippen LogP contribution in [0.5, 0.6) is 5.75 Å². The molecule has 3 aromatic rings. The second-order valence-electron chi connectivity index (χ2n) is 6.61. The lowest BCUT2D eigenvalue weighted by Gasteiger charge is -2.17. The molecule has 142 valence electrons. The first kappa shape index (κ1) is 17.7. The van der Waals surface area contributed by atoms with Crippen LogP contribution in [0.2, 0.25) is 0 Å². The Balaban J connectivity index is 1.71. The van der Waals surface area contributed by atoms with Crippen LogP contribution in [0.1, 0.15) is 0 Å². The molecule has 1 aliphatic heterocycles. The quantitative estimate of drug-likeness (QED) is 0.630. The molecule has 4 rings (SSSR count). The van der Waals surface area contributed by atoms with Gasteiger partial charge in [0.05, 0.1) is 6.20 Å². The predicted octanol–water partition coefficient (Wildman–Crippen LogP) is 1.86. The Bertz CT molecular complexity index is 928. The van der Waals surface area contributed by atoms with Crippen molar-refractivity contribution in [1.82, 2.24) is 24.8 Å². The van der Waals surface area contributed by atoms with Gasteiger partial charge in [0.1, 0.15) is 24.0 Å². The number of hydrogen-bond donors (Lipinski definition) is 2. The first-order chi connectivity index (χ1) is 13.2. The van der Waals surface area contributed by atoms with E-state index in [1.807, 2.05) is 12.3 Å². The molecule has 2 N–H and O–H groups in total. The number of aromatic nitrogens is 3. The van der Waals surface area contributed by atoms with Gasteiger partial charge in [-0.25, -0.2) is 13.9 Å². The Kier molecular flexibility index (Phi) is 5.17. The fourth-order valence-electron chi connectivity index (χ4n) is 3.06. The highest BCUT2D eigenvalue weighted by molar-refractivity contribution is 5.78. The lowest BCUT2D eigenvalue weighted by atomic mass is 10.1. The molecule has 7 nitrogen and oxygen atoms in total. The van der Waals surface area contributed by atoms with E-state index in [0.717, 1.165) is 38.5 Å². The number of likely N-dealkylation sites (N-methyl/N-ethyl adjacent to an activating group) is 1. The summed E-state index contributed by atoms with van der Waals surface area (Å²) in [5.41, 5.74) is 1.68. The zero-order chi connectivity index (χ0) is 18.6. The predicted molar refractivity (Wildman–Crippen MR) is 103 cm³/mol. The number of halogens is 1. The fourth-order valence-corrected chi connectivity index (χ4v) is 3.06. The number of nitrogens with one attached hydrogen (secondary N) is 2. The largest absolute Gasteiger partial charge is 0.492 e. The van der Waals surface area contributed by atoms with Crippen LogP contribution in [0, 0.1) is 5.82 Å². The van der Waals surface area contributed by atoms with E-state index >= 15 is 0 Å². The van der Waals surface area contributed by atoms with Gasteiger partial charge in [0.15, 0.2) is 5.65 Å². The molecule has 0 aliphatic carbocycles. The maximum absolute atomic E-state index is 14.5. The van der Waals surface area contributed by atoms with Crippen molar-refractivity contribution in [3.63, 3.8) is 0 Å². The summed E-state index contributed by atoms with van der Waals surface area (Å²) in [7, 11) is 2.06. The zero-order valence-corrected chi connectivity index (χ0v) is 15.3. The van der Waals surface area contributed by atoms with Crippen LogP contribution in [-0.2, 0) is 0 Å². The van der Waals surface area contributed by atoms with Gasteiger partial charge in [0.2, 0.25) is 0 Å². The van der Waals surface area contributed by atoms with E-state index in [9.17, 15) is 4.39 Å². The molecule has 1 aliphatic rings. The van der Waals surface area contributed by atoms with Crippen LogP contribution in [0.15, 0.2) is 36.7 Å². The van der Waals surface area contributed by atoms with E-state index in [-0.39, 0.29) is 5.82 Å². The molecule has 27 heavy (non-hydrogen) atoms. The van der Waals surface area contributed by atoms with E-state index in [1.165, 1.54) is 6.07 Å². The highest BCUT2D eigenvalue weighted by Crippen LogP contribution is 2.30. The normalized spacial score (nSPS) is 16.7. The molecule has 0 fully saturated rings. The van der Waals surface area contributed by atoms with Crippen molar-refractivity contribution in [3.05, 3.63) is 42.5 Å². The molecule has 0 radical (unpaired) electrons. The summed E-state index contributed by atoms with van der Waals surface area (Å²) in [6, 6.07) is 6.66. The van der Waals surface area contributed by atoms with Crippen LogP contribution in [0.3, 0.4) is 0 Å². The van der Waals surface area contributed by atoms with Crippen LogP contribution in [-0.4, -0.2) is 65.9 Å². The molecular formula is C19H23FN6O. The summed E-state index contributed by atoms with van der Waals surface area (Å²) < 4.78 is 22.0. The van der Waals surface area contributed by atoms with Gasteiger partial charge < -0.3 is 20.3 Å². The van der Waals surface area contributed by atoms with E-state index in [0.29, 0.717) is 29.1 Å². The highest BCUT2D eigenvalue weighted by Gasteiger charge is 2.14. The lowest BCUT2D eigenvalue weighted by molar-refractivity contribution is 0.237. The number of rotatable bonds is 0. The number of anilines is 1. The number of hydrogen-bond acceptors (Lipinski definition) is 6. The smallest absolute Gasteiger partial charge is 0.165 e. The van der Waals surface area contributed by atoms with Crippen molar-refractivity contribution >= 4 is 11.5 Å². The molecule has 0 spiro atoms. The zero-order valence-electron chi connectivity index (χ0n) is 15.3. The van der Waals surface area contributed by atoms with Gasteiger partial charge in [-0.1, -0.05) is 0 Å². The first-order valence-corrected chi connectivity index (χ1v) is 9.11. The van der Waals surface area contributed by atoms with Crippen LogP contribution >= 0.6 is 0 Å². The summed E-state index contributed by atoms with van der Waals surface area (Å²) in [5.74, 6) is 1.05. The molecule has 1 aromatic carbocycles. The second kappa shape index (κ2) is 7.89. The van der Waals surface area contributed by atoms with Gasteiger partial charge in [-0.3, -0.25) is 0 Å². The standard InChI is InChI=1S/C19H23FN6O/c1-25-9-7-21-5-6-22-18-4-8-26-19(24-18)16(13-23-26)15-12-14(27-11-10-25)2-3-17(15)20/h2-4,8,12-13,21H,5-7,9-11H2,1H3,(H,22,24). The third kappa shape index (κ3) is 4.01. The minimum Gasteiger partial charge on any atom is -0.492 e. The Morgan fingerprint density at radius 1 is 1.11 bits per heavy atom. The molecule has 0 atom stereocenters. The molecule has 8 heteroatoms. The molecule has 0 amide bonds. The summed E-state index contributed by atoms with van der Waals surface area (Å²) in [4.78, 5) is 6.82. The maximum Gasteiger partial charge on any atom is 0.165 e. The van der Waals surface area contributed by atoms with E-state index in [1.54, 1.807) is 22.8 Å². The lowest BCUT2D eigenvalue weighted by Crippen LogP contribution is -2.33. The van der Waals surface area contributed by atoms with Gasteiger partial charge in [0, 0.05) is 50.0 Å². The van der Waals surface area contributed by atoms with Crippen molar-refractivity contribution in [2.45, 2.75) is 0 Å². The Hall–Kier alpha value is -2.71. The number of benzene rings is 1. The maximum atomic E-state index is 14.5. The Labute approximate surface area is 157 Å². The van der Waals surface area contributed by atoms with E-state index < -0.39 is 0 Å². The number of nitrogens with zero attached hydrogens (tertiary/aromatic N) is 4. The minimum atomic E-state index is -0.323. The third-order valence-electron chi connectivity index (χ3n) is 4.62. The van der Waals surface area contributed by atoms with Gasteiger partial charge in [0.25, 0.3) is 0 Å². The highest BCUT2D eigenvalue weighted by atomic mass is 19.1. The van der Waals surface area contributed by atoms with Crippen molar-refractivity contribution in [2.24, 2.45) is 0 Å². The number of ether oxygens (including phenoxy) is 1. The summed E-state index contributed by atoms with van der Waals surface area (Å²) in [6.07, 6.45) is 3.46. The van der Waals surface area contributed by atoms with E-state index in [4.69, 9.17) is 4.74 Å². The first-order valence-electron chi connectivity index (χ1n) is 9.11.